The maximum atomic E-state index is 13.2. The summed E-state index contributed by atoms with van der Waals surface area (Å²) in [4.78, 5) is 27.6. The predicted octanol–water partition coefficient (Wildman–Crippen LogP) is 5.40. The van der Waals surface area contributed by atoms with Crippen LogP contribution in [0.15, 0.2) is 42.0 Å². The molecule has 0 bridgehead atoms. The van der Waals surface area contributed by atoms with Crippen LogP contribution in [-0.2, 0) is 16.0 Å². The van der Waals surface area contributed by atoms with Crippen LogP contribution in [0.4, 0.5) is 0 Å². The van der Waals surface area contributed by atoms with Gasteiger partial charge in [-0.25, -0.2) is 0 Å². The Hall–Kier alpha value is -1.90. The number of hydrogen-bond acceptors (Lipinski definition) is 2. The minimum Gasteiger partial charge on any atom is -0.285 e. The van der Waals surface area contributed by atoms with Gasteiger partial charge in [-0.2, -0.15) is 0 Å². The van der Waals surface area contributed by atoms with Gasteiger partial charge in [0, 0.05) is 12.5 Å². The maximum absolute atomic E-state index is 13.2. The van der Waals surface area contributed by atoms with Crippen molar-refractivity contribution >= 4 is 11.8 Å². The Morgan fingerprint density at radius 3 is 2.52 bits per heavy atom. The molecule has 1 aromatic rings. The molecule has 0 spiro atoms. The first-order chi connectivity index (χ1) is 14.0. The lowest BCUT2D eigenvalue weighted by Crippen LogP contribution is -2.54. The van der Waals surface area contributed by atoms with Crippen LogP contribution in [0.1, 0.15) is 64.4 Å². The van der Waals surface area contributed by atoms with E-state index >= 15 is 0 Å². The number of likely N-dealkylation sites (tertiary alicyclic amines) is 1. The summed E-state index contributed by atoms with van der Waals surface area (Å²) in [5, 5.41) is 0. The van der Waals surface area contributed by atoms with Gasteiger partial charge in [0.2, 0.25) is 11.8 Å². The fourth-order valence-corrected chi connectivity index (χ4v) is 6.25. The van der Waals surface area contributed by atoms with Crippen LogP contribution in [0.5, 0.6) is 0 Å². The zero-order chi connectivity index (χ0) is 20.6. The molecule has 0 unspecified atom stereocenters. The molecule has 1 aliphatic heterocycles. The Balaban J connectivity index is 1.54. The molecule has 3 aliphatic rings. The number of carbonyl (C=O) groups excluding carboxylic acids is 2. The van der Waals surface area contributed by atoms with Crippen LogP contribution in [-0.4, -0.2) is 23.8 Å². The molecule has 0 aromatic heterocycles. The normalized spacial score (nSPS) is 33.2. The number of carbonyl (C=O) groups is 2. The van der Waals surface area contributed by atoms with E-state index in [4.69, 9.17) is 0 Å². The highest BCUT2D eigenvalue weighted by atomic mass is 16.2. The van der Waals surface area contributed by atoms with Gasteiger partial charge in [-0.05, 0) is 43.1 Å². The molecule has 3 nitrogen and oxygen atoms in total. The Labute approximate surface area is 175 Å². The van der Waals surface area contributed by atoms with E-state index in [9.17, 15) is 9.59 Å². The number of rotatable bonds is 8. The van der Waals surface area contributed by atoms with Gasteiger partial charge in [0.1, 0.15) is 0 Å². The van der Waals surface area contributed by atoms with Gasteiger partial charge in [-0.1, -0.05) is 81.5 Å². The summed E-state index contributed by atoms with van der Waals surface area (Å²) < 4.78 is 0. The van der Waals surface area contributed by atoms with Crippen LogP contribution < -0.4 is 0 Å². The van der Waals surface area contributed by atoms with Crippen molar-refractivity contribution in [1.29, 1.82) is 0 Å². The molecule has 2 aliphatic carbocycles. The van der Waals surface area contributed by atoms with Crippen LogP contribution in [0.25, 0.3) is 0 Å². The first kappa shape index (κ1) is 20.4. The maximum Gasteiger partial charge on any atom is 0.233 e. The summed E-state index contributed by atoms with van der Waals surface area (Å²) in [7, 11) is 1.69. The van der Waals surface area contributed by atoms with Gasteiger partial charge in [0.15, 0.2) is 0 Å². The van der Waals surface area contributed by atoms with E-state index in [0.717, 1.165) is 32.1 Å². The van der Waals surface area contributed by atoms with Crippen molar-refractivity contribution < 1.29 is 9.59 Å². The Morgan fingerprint density at radius 2 is 1.79 bits per heavy atom. The second-order valence-corrected chi connectivity index (χ2v) is 9.65. The molecule has 0 radical (unpaired) electrons. The van der Waals surface area contributed by atoms with Gasteiger partial charge in [0.25, 0.3) is 0 Å². The van der Waals surface area contributed by atoms with Gasteiger partial charge in [-0.3, -0.25) is 14.5 Å². The Bertz CT molecular complexity index is 798. The second-order valence-electron chi connectivity index (χ2n) is 9.65. The fourth-order valence-electron chi connectivity index (χ4n) is 6.25. The van der Waals surface area contributed by atoms with Crippen molar-refractivity contribution in [3.63, 3.8) is 0 Å². The van der Waals surface area contributed by atoms with Crippen LogP contribution >= 0.6 is 0 Å². The average Bonchev–Trinajstić information content (AvgIpc) is 2.95. The van der Waals surface area contributed by atoms with Crippen molar-refractivity contribution in [1.82, 2.24) is 4.90 Å². The van der Waals surface area contributed by atoms with Crippen LogP contribution in [0.3, 0.4) is 0 Å². The van der Waals surface area contributed by atoms with Crippen molar-refractivity contribution in [2.24, 2.45) is 29.1 Å². The first-order valence-electron chi connectivity index (χ1n) is 11.5. The quantitative estimate of drug-likeness (QED) is 0.337. The third-order valence-corrected chi connectivity index (χ3v) is 8.12. The fraction of sp³-hybridized carbons (Fsp3) is 0.615. The monoisotopic (exact) mass is 393 g/mol. The molecule has 156 valence electrons. The van der Waals surface area contributed by atoms with Gasteiger partial charge >= 0.3 is 0 Å². The lowest BCUT2D eigenvalue weighted by molar-refractivity contribution is -0.139. The number of allylic oxidation sites excluding steroid dienone is 2. The predicted molar refractivity (Wildman–Crippen MR) is 116 cm³/mol. The number of aryl methyl sites for hydroxylation is 1. The lowest BCUT2D eigenvalue weighted by atomic mass is 9.45. The zero-order valence-corrected chi connectivity index (χ0v) is 18.2. The number of hydrogen-bond donors (Lipinski definition) is 0. The molecule has 2 amide bonds. The smallest absolute Gasteiger partial charge is 0.233 e. The summed E-state index contributed by atoms with van der Waals surface area (Å²) in [5.74, 6) is 0.581. The SMILES string of the molecule is CCCCCC[C@H]1C=C2C[C@H](CCc3ccccc3)[C@@]2(C)[C@H]2C(=O)N(C)C(=O)[C@@H]12. The summed E-state index contributed by atoms with van der Waals surface area (Å²) in [6.07, 6.45) is 11.6. The van der Waals surface area contributed by atoms with Gasteiger partial charge < -0.3 is 0 Å². The van der Waals surface area contributed by atoms with E-state index in [2.05, 4.69) is 50.3 Å². The molecular formula is C26H35NO2. The second kappa shape index (κ2) is 8.08. The van der Waals surface area contributed by atoms with Crippen molar-refractivity contribution in [3.05, 3.63) is 47.5 Å². The molecule has 29 heavy (non-hydrogen) atoms. The molecule has 2 fully saturated rings. The third-order valence-electron chi connectivity index (χ3n) is 8.12. The van der Waals surface area contributed by atoms with Gasteiger partial charge in [-0.15, -0.1) is 0 Å². The number of unbranched alkanes of at least 4 members (excludes halogenated alkanes) is 3. The Morgan fingerprint density at radius 1 is 1.03 bits per heavy atom. The van der Waals surface area contributed by atoms with E-state index in [1.165, 1.54) is 35.3 Å². The zero-order valence-electron chi connectivity index (χ0n) is 18.2. The summed E-state index contributed by atoms with van der Waals surface area (Å²) in [6, 6.07) is 10.6. The van der Waals surface area contributed by atoms with Crippen molar-refractivity contribution in [2.75, 3.05) is 7.05 Å². The molecule has 1 saturated heterocycles. The highest BCUT2D eigenvalue weighted by Crippen LogP contribution is 2.65. The summed E-state index contributed by atoms with van der Waals surface area (Å²) in [6.45, 7) is 4.50. The Kier molecular flexibility index (Phi) is 5.68. The number of imide groups is 1. The molecule has 1 saturated carbocycles. The highest BCUT2D eigenvalue weighted by molar-refractivity contribution is 6.06. The highest BCUT2D eigenvalue weighted by Gasteiger charge is 2.65. The molecule has 0 N–H and O–H groups in total. The molecule has 5 atom stereocenters. The third kappa shape index (κ3) is 3.37. The number of nitrogens with zero attached hydrogens (tertiary/aromatic N) is 1. The topological polar surface area (TPSA) is 37.4 Å². The van der Waals surface area contributed by atoms with E-state index in [0.29, 0.717) is 5.92 Å². The molecule has 1 aromatic carbocycles. The first-order valence-corrected chi connectivity index (χ1v) is 11.5. The van der Waals surface area contributed by atoms with E-state index in [-0.39, 0.29) is 35.0 Å². The van der Waals surface area contributed by atoms with Crippen LogP contribution in [0.2, 0.25) is 0 Å². The summed E-state index contributed by atoms with van der Waals surface area (Å²) >= 11 is 0. The van der Waals surface area contributed by atoms with Gasteiger partial charge in [0.05, 0.1) is 11.8 Å². The minimum absolute atomic E-state index is 0.0609. The van der Waals surface area contributed by atoms with E-state index in [1.807, 2.05) is 0 Å². The number of benzene rings is 1. The van der Waals surface area contributed by atoms with Crippen molar-refractivity contribution in [2.45, 2.75) is 65.2 Å². The average molecular weight is 394 g/mol. The van der Waals surface area contributed by atoms with Crippen LogP contribution in [0, 0.1) is 29.1 Å². The van der Waals surface area contributed by atoms with E-state index < -0.39 is 0 Å². The largest absolute Gasteiger partial charge is 0.285 e. The van der Waals surface area contributed by atoms with Crippen molar-refractivity contribution in [3.8, 4) is 0 Å². The number of fused-ring (bicyclic) bond motifs is 3. The molecule has 3 heteroatoms. The minimum atomic E-state index is -0.148. The molecule has 1 heterocycles. The van der Waals surface area contributed by atoms with E-state index in [1.54, 1.807) is 7.05 Å². The molecular weight excluding hydrogens is 358 g/mol. The molecule has 4 rings (SSSR count). The lowest BCUT2D eigenvalue weighted by Gasteiger charge is -2.57. The number of amides is 2. The summed E-state index contributed by atoms with van der Waals surface area (Å²) in [5.41, 5.74) is 2.69. The standard InChI is InChI=1S/C26H35NO2/c1-4-5-6-10-13-19-16-21-17-20(15-14-18-11-8-7-9-12-18)26(21,2)23-22(19)24(28)27(3)25(23)29/h7-9,11-12,16,19-20,22-23H,4-6,10,13-15,17H2,1-3H3/t19-,20-,22-,23+,26+/m0/s1.